The first-order valence-electron chi connectivity index (χ1n) is 54.7. The van der Waals surface area contributed by atoms with Gasteiger partial charge < -0.3 is 85.0 Å². The standard InChI is InChI=1S/C26H32N2O3.C25H33N3O2.C25H31N3O2.C25H32N2O2.C23H28N2O3S/c1-4-28(5-2)25(30)18-7-9-21(24(29)14-18)23-17-26(10-12-27-13-11-26)16-19-6-8-20(31-3)15-22(19)23;2*1-4-28(5-2)24(29)23-9-7-19(17-27-23)22-16-25(10-12-26-13-11-25)15-18-6-8-20(30-3)14-21(18)22;1-3-27(4-2)24(29)18-9-10-21(23(28)15-18)22-17-25(11-13-26-14-12-25)16-19-7-5-6-8-20(19)22;1-4-25(5-2)22(26)20-10-9-19(29-20)16-15-23(11-13-24-14-12-23)28-18-8-6-7-17(27-3)21(16)18/h6-9,14-15,17,27,29H,4-5,10-13,16H2,1-3H3;6-9,14,17,22,26H,4-5,10-13,15-16H2,1-3H3;6-9,14,16-17,26H,4-5,10-13,15H2,1-3H3;5-10,15,22,26,28H,3-4,11-14,16-17H2,1-2H3;6-10,15,24H,4-5,11-14H2,1-3H3. The Balaban J connectivity index is 0.000000133. The minimum atomic E-state index is -0.313. The van der Waals surface area contributed by atoms with Gasteiger partial charge in [-0.05, 0) is 417 Å². The van der Waals surface area contributed by atoms with Gasteiger partial charge in [0.15, 0.2) is 0 Å². The van der Waals surface area contributed by atoms with E-state index in [1.165, 1.54) is 75.8 Å². The number of fused-ring (bicyclic) bond motifs is 5. The smallest absolute Gasteiger partial charge is 0.272 e. The number of ether oxygens (including phenoxy) is 5. The van der Waals surface area contributed by atoms with Gasteiger partial charge >= 0.3 is 0 Å². The number of pyridine rings is 2. The molecule has 10 aliphatic rings. The maximum absolute atomic E-state index is 12.8. The summed E-state index contributed by atoms with van der Waals surface area (Å²) in [7, 11) is 6.79. The molecule has 7 aromatic carbocycles. The fraction of sp³-hybridized carbons (Fsp3) is 0.460. The number of amides is 5. The number of phenols is 2. The summed E-state index contributed by atoms with van der Waals surface area (Å²) >= 11 is 1.55. The van der Waals surface area contributed by atoms with E-state index in [9.17, 15) is 34.2 Å². The number of allylic oxidation sites excluding steroid dienone is 2. The van der Waals surface area contributed by atoms with E-state index in [1.54, 1.807) is 66.6 Å². The van der Waals surface area contributed by atoms with Crippen molar-refractivity contribution in [2.24, 2.45) is 21.7 Å². The fourth-order valence-electron chi connectivity index (χ4n) is 24.5. The molecule has 0 radical (unpaired) electrons. The number of aromatic hydroxyl groups is 2. The van der Waals surface area contributed by atoms with Gasteiger partial charge in [0.25, 0.3) is 29.5 Å². The third-order valence-electron chi connectivity index (χ3n) is 33.2. The number of hydrogen-bond donors (Lipinski definition) is 7. The minimum absolute atomic E-state index is 0.00656. The quantitative estimate of drug-likeness (QED) is 0.0296. The fourth-order valence-corrected chi connectivity index (χ4v) is 25.4. The monoisotopic (exact) mass is 2040 g/mol. The molecule has 7 N–H and O–H groups in total. The van der Waals surface area contributed by atoms with Gasteiger partial charge in [-0.25, -0.2) is 0 Å². The Bertz CT molecular complexity index is 6420. The molecule has 5 fully saturated rings. The van der Waals surface area contributed by atoms with Crippen LogP contribution in [0.15, 0.2) is 200 Å². The van der Waals surface area contributed by atoms with Crippen molar-refractivity contribution in [3.63, 3.8) is 0 Å². The Kier molecular flexibility index (Phi) is 36.3. The van der Waals surface area contributed by atoms with Crippen molar-refractivity contribution in [1.29, 1.82) is 0 Å². The molecule has 149 heavy (non-hydrogen) atoms. The van der Waals surface area contributed by atoms with Crippen LogP contribution in [-0.4, -0.2) is 239 Å². The van der Waals surface area contributed by atoms with Crippen molar-refractivity contribution in [3.8, 4) is 40.2 Å². The van der Waals surface area contributed by atoms with Gasteiger partial charge in [0.05, 0.1) is 38.9 Å². The number of nitrogens with zero attached hydrogens (tertiary/aromatic N) is 7. The Hall–Kier alpha value is -12.5. The highest BCUT2D eigenvalue weighted by Gasteiger charge is 2.46. The van der Waals surface area contributed by atoms with Crippen LogP contribution < -0.4 is 50.3 Å². The molecule has 3 aromatic heterocycles. The molecule has 20 rings (SSSR count). The SMILES string of the molecule is CCN(CC)C(=O)c1ccc(C2=CC3(CCNCC3)Cc3ccc(OC)cc32)c(O)c1.CCN(CC)C(=O)c1ccc(C2=CC3(CCNCC3)Cc3ccc(OC)cc32)cn1.CCN(CC)C(=O)c1ccc(C2=CC3(CCNCC3)Oc3cccc(OC)c32)s1.CCN(CC)C(=O)c1ccc(C2CC3(CCNCC3)Cc3ccc(OC)cc32)cn1.CCN(CC)C(=O)c1ccc(C2CC3(CCNCC3)Cc3ccccc32)c(O)c1. The summed E-state index contributed by atoms with van der Waals surface area (Å²) in [6.45, 7) is 37.0. The topological polar surface area (TPSA) is 274 Å². The van der Waals surface area contributed by atoms with Gasteiger partial charge in [-0.15, -0.1) is 11.3 Å². The second-order valence-corrected chi connectivity index (χ2v) is 42.7. The Morgan fingerprint density at radius 2 is 0.832 bits per heavy atom. The number of rotatable bonds is 24. The van der Waals surface area contributed by atoms with Crippen molar-refractivity contribution >= 4 is 57.6 Å². The van der Waals surface area contributed by atoms with E-state index in [0.29, 0.717) is 98.8 Å². The zero-order valence-corrected chi connectivity index (χ0v) is 91.0. The number of carbonyl (C=O) groups is 5. The molecule has 0 bridgehead atoms. The minimum Gasteiger partial charge on any atom is -0.508 e. The normalized spacial score (nSPS) is 18.3. The molecule has 9 heterocycles. The van der Waals surface area contributed by atoms with Crippen LogP contribution >= 0.6 is 11.3 Å². The number of carbonyl (C=O) groups excluding carboxylic acids is 5. The van der Waals surface area contributed by atoms with Gasteiger partial charge in [0.1, 0.15) is 57.2 Å². The lowest BCUT2D eigenvalue weighted by Gasteiger charge is -2.45. The van der Waals surface area contributed by atoms with Crippen LogP contribution in [-0.2, 0) is 25.7 Å². The van der Waals surface area contributed by atoms with E-state index >= 15 is 0 Å². The number of piperidine rings is 5. The summed E-state index contributed by atoms with van der Waals surface area (Å²) in [6, 6.07) is 56.6. The summed E-state index contributed by atoms with van der Waals surface area (Å²) in [5, 5.41) is 39.3. The lowest BCUT2D eigenvalue weighted by Crippen LogP contribution is -2.46. The van der Waals surface area contributed by atoms with Crippen molar-refractivity contribution in [2.45, 2.75) is 189 Å². The summed E-state index contributed by atoms with van der Waals surface area (Å²) in [6.07, 6.45) is 28.4. The Labute approximate surface area is 886 Å². The number of hydrogen-bond acceptors (Lipinski definition) is 20. The highest BCUT2D eigenvalue weighted by molar-refractivity contribution is 7.15. The maximum atomic E-state index is 12.8. The molecule has 5 amide bonds. The van der Waals surface area contributed by atoms with E-state index in [0.717, 1.165) is 220 Å². The number of methoxy groups -OCH3 is 4. The molecule has 6 aliphatic heterocycles. The third-order valence-corrected chi connectivity index (χ3v) is 34.3. The van der Waals surface area contributed by atoms with Crippen molar-refractivity contribution in [3.05, 3.63) is 305 Å². The summed E-state index contributed by atoms with van der Waals surface area (Å²) in [5.74, 6) is 5.08. The first kappa shape index (κ1) is 109. The van der Waals surface area contributed by atoms with Crippen molar-refractivity contribution < 1.29 is 57.9 Å². The van der Waals surface area contributed by atoms with Crippen molar-refractivity contribution in [2.75, 3.05) is 159 Å². The Morgan fingerprint density at radius 3 is 1.33 bits per heavy atom. The average molecular weight is 2040 g/mol. The number of thiophene rings is 1. The van der Waals surface area contributed by atoms with Crippen LogP contribution in [0.1, 0.15) is 287 Å². The van der Waals surface area contributed by atoms with E-state index in [-0.39, 0.29) is 69.3 Å². The molecular formula is C124H156N12O12S. The van der Waals surface area contributed by atoms with Crippen LogP contribution in [0.25, 0.3) is 16.7 Å². The zero-order valence-electron chi connectivity index (χ0n) is 90.2. The van der Waals surface area contributed by atoms with E-state index < -0.39 is 0 Å². The van der Waals surface area contributed by atoms with Crippen molar-refractivity contribution in [1.82, 2.24) is 61.1 Å². The lowest BCUT2D eigenvalue weighted by atomic mass is 9.61. The Morgan fingerprint density at radius 1 is 0.376 bits per heavy atom. The van der Waals surface area contributed by atoms with Crippen LogP contribution in [0.3, 0.4) is 0 Å². The van der Waals surface area contributed by atoms with Gasteiger partial charge in [-0.3, -0.25) is 33.9 Å². The molecular weight excluding hydrogens is 1880 g/mol. The van der Waals surface area contributed by atoms with Gasteiger partial charge in [-0.1, -0.05) is 78.9 Å². The zero-order chi connectivity index (χ0) is 105. The maximum Gasteiger partial charge on any atom is 0.272 e. The highest BCUT2D eigenvalue weighted by atomic mass is 32.1. The van der Waals surface area contributed by atoms with Crippen LogP contribution in [0.4, 0.5) is 0 Å². The molecule has 4 aliphatic carbocycles. The molecule has 5 saturated heterocycles. The van der Waals surface area contributed by atoms with Crippen LogP contribution in [0.2, 0.25) is 0 Å². The molecule has 10 aromatic rings. The van der Waals surface area contributed by atoms with Gasteiger partial charge in [0, 0.05) is 141 Å². The van der Waals surface area contributed by atoms with Gasteiger partial charge in [-0.2, -0.15) is 0 Å². The van der Waals surface area contributed by atoms with Gasteiger partial charge in [0.2, 0.25) is 0 Å². The molecule has 24 nitrogen and oxygen atoms in total. The van der Waals surface area contributed by atoms with Crippen LogP contribution in [0, 0.1) is 21.7 Å². The first-order chi connectivity index (χ1) is 72.3. The van der Waals surface area contributed by atoms with Crippen LogP contribution in [0.5, 0.6) is 40.2 Å². The number of aromatic nitrogens is 2. The summed E-state index contributed by atoms with van der Waals surface area (Å²) in [4.78, 5) is 83.6. The molecule has 2 atom stereocenters. The predicted molar refractivity (Wildman–Crippen MR) is 596 cm³/mol. The largest absolute Gasteiger partial charge is 0.508 e. The second-order valence-electron chi connectivity index (χ2n) is 41.6. The number of phenolic OH excluding ortho intramolecular Hbond substituents is 2. The van der Waals surface area contributed by atoms with E-state index in [4.69, 9.17) is 23.7 Å². The highest BCUT2D eigenvalue weighted by Crippen LogP contribution is 2.56. The molecule has 5 spiro atoms. The molecule has 790 valence electrons. The van der Waals surface area contributed by atoms with E-state index in [2.05, 4.69) is 140 Å². The molecule has 25 heteroatoms. The lowest BCUT2D eigenvalue weighted by molar-refractivity contribution is 0.0759. The average Bonchev–Trinajstić information content (AvgIpc) is 1.68. The summed E-state index contributed by atoms with van der Waals surface area (Å²) < 4.78 is 28.7. The first-order valence-corrected chi connectivity index (χ1v) is 55.5. The predicted octanol–water partition coefficient (Wildman–Crippen LogP) is 20.7. The molecule has 0 saturated carbocycles. The number of benzene rings is 7. The molecule has 2 unspecified atom stereocenters. The summed E-state index contributed by atoms with van der Waals surface area (Å²) in [5.41, 5.74) is 21.4. The van der Waals surface area contributed by atoms with E-state index in [1.807, 2.05) is 164 Å². The second kappa shape index (κ2) is 49.5. The number of nitrogens with one attached hydrogen (secondary N) is 5. The third kappa shape index (κ3) is 24.4.